The van der Waals surface area contributed by atoms with Crippen molar-refractivity contribution >= 4 is 17.9 Å². The molecule has 0 saturated carbocycles. The fraction of sp³-hybridized carbons (Fsp3) is 0.809. The van der Waals surface area contributed by atoms with Crippen LogP contribution in [0.2, 0.25) is 0 Å². The molecule has 0 radical (unpaired) electrons. The first-order valence-corrected chi connectivity index (χ1v) is 32.3. The van der Waals surface area contributed by atoms with Crippen LogP contribution >= 0.6 is 0 Å². The smallest absolute Gasteiger partial charge is 0.306 e. The van der Waals surface area contributed by atoms with Crippen molar-refractivity contribution in [1.82, 2.24) is 0 Å². The Morgan fingerprint density at radius 2 is 0.527 bits per heavy atom. The molecule has 0 aliphatic carbocycles. The fourth-order valence-corrected chi connectivity index (χ4v) is 9.43. The number of rotatable bonds is 59. The van der Waals surface area contributed by atoms with Gasteiger partial charge in [-0.25, -0.2) is 0 Å². The van der Waals surface area contributed by atoms with Crippen LogP contribution < -0.4 is 0 Å². The summed E-state index contributed by atoms with van der Waals surface area (Å²) in [5.41, 5.74) is 0. The summed E-state index contributed by atoms with van der Waals surface area (Å²) in [6.45, 7) is 6.55. The van der Waals surface area contributed by atoms with E-state index in [-0.39, 0.29) is 31.1 Å². The van der Waals surface area contributed by atoms with Gasteiger partial charge in [-0.3, -0.25) is 14.4 Å². The molecule has 1 unspecified atom stereocenters. The standard InChI is InChI=1S/C68H122O6/c1-4-7-10-13-16-19-22-24-26-28-30-32-33-34-35-37-38-40-42-44-46-49-52-55-58-61-67(70)73-64-65(63-72-66(69)60-57-54-51-48-21-18-15-12-9-6-3)74-68(71)62-59-56-53-50-47-45-43-41-39-36-31-29-27-25-23-20-17-14-11-8-5-2/h8,11,17,20,25,27-28,30-31,36,65H,4-7,9-10,12-16,18-19,21-24,26,29,32-35,37-64H2,1-3H3/b11-8-,20-17-,27-25-,30-28-,36-31-. The second-order valence-electron chi connectivity index (χ2n) is 21.6. The molecule has 0 aromatic rings. The van der Waals surface area contributed by atoms with E-state index in [1.54, 1.807) is 0 Å². The van der Waals surface area contributed by atoms with Crippen molar-refractivity contribution in [2.75, 3.05) is 13.2 Å². The SMILES string of the molecule is CC/C=C\C/C=C\C/C=C\C/C=C\CCCCCCCCCCC(=O)OC(COC(=O)CCCCCCCCCCCC)COC(=O)CCCCCCCCCCCCCCC/C=C\CCCCCCCCCC. The minimum Gasteiger partial charge on any atom is -0.462 e. The molecule has 0 aromatic heterocycles. The molecular weight excluding hydrogens is 913 g/mol. The number of ether oxygens (including phenoxy) is 3. The molecule has 0 N–H and O–H groups in total. The number of carbonyl (C=O) groups excluding carboxylic acids is 3. The van der Waals surface area contributed by atoms with Crippen LogP contribution in [0.15, 0.2) is 60.8 Å². The largest absolute Gasteiger partial charge is 0.462 e. The zero-order valence-corrected chi connectivity index (χ0v) is 49.4. The third-order valence-corrected chi connectivity index (χ3v) is 14.3. The van der Waals surface area contributed by atoms with E-state index < -0.39 is 6.10 Å². The molecular formula is C68H122O6. The van der Waals surface area contributed by atoms with Crippen molar-refractivity contribution in [2.24, 2.45) is 0 Å². The van der Waals surface area contributed by atoms with E-state index in [4.69, 9.17) is 14.2 Å². The van der Waals surface area contributed by atoms with E-state index in [9.17, 15) is 14.4 Å². The second-order valence-corrected chi connectivity index (χ2v) is 21.6. The van der Waals surface area contributed by atoms with Crippen LogP contribution in [0.25, 0.3) is 0 Å². The molecule has 0 aliphatic rings. The van der Waals surface area contributed by atoms with E-state index >= 15 is 0 Å². The lowest BCUT2D eigenvalue weighted by atomic mass is 10.0. The average molecular weight is 1040 g/mol. The molecule has 0 bridgehead atoms. The normalized spacial score (nSPS) is 12.4. The fourth-order valence-electron chi connectivity index (χ4n) is 9.43. The Bertz CT molecular complexity index is 1330. The maximum absolute atomic E-state index is 12.9. The Balaban J connectivity index is 4.22. The zero-order chi connectivity index (χ0) is 53.6. The number of allylic oxidation sites excluding steroid dienone is 10. The Labute approximate surface area is 460 Å². The monoisotopic (exact) mass is 1030 g/mol. The Hall–Kier alpha value is -2.89. The molecule has 1 atom stereocenters. The van der Waals surface area contributed by atoms with Gasteiger partial charge < -0.3 is 14.2 Å². The third kappa shape index (κ3) is 60.0. The van der Waals surface area contributed by atoms with Crippen molar-refractivity contribution in [3.8, 4) is 0 Å². The van der Waals surface area contributed by atoms with E-state index in [0.717, 1.165) is 89.9 Å². The van der Waals surface area contributed by atoms with Crippen molar-refractivity contribution in [3.63, 3.8) is 0 Å². The predicted molar refractivity (Wildman–Crippen MR) is 321 cm³/mol. The molecule has 0 aromatic carbocycles. The van der Waals surface area contributed by atoms with Crippen LogP contribution in [0.3, 0.4) is 0 Å². The van der Waals surface area contributed by atoms with Gasteiger partial charge in [0.1, 0.15) is 13.2 Å². The van der Waals surface area contributed by atoms with E-state index in [1.807, 2.05) is 0 Å². The number of hydrogen-bond acceptors (Lipinski definition) is 6. The third-order valence-electron chi connectivity index (χ3n) is 14.3. The molecule has 430 valence electrons. The summed E-state index contributed by atoms with van der Waals surface area (Å²) in [6.07, 6.45) is 79.5. The predicted octanol–water partition coefficient (Wildman–Crippen LogP) is 21.9. The Kier molecular flexibility index (Phi) is 60.2. The zero-order valence-electron chi connectivity index (χ0n) is 49.4. The highest BCUT2D eigenvalue weighted by molar-refractivity contribution is 5.71. The minimum absolute atomic E-state index is 0.0742. The average Bonchev–Trinajstić information content (AvgIpc) is 3.40. The molecule has 0 fully saturated rings. The van der Waals surface area contributed by atoms with Gasteiger partial charge in [-0.1, -0.05) is 293 Å². The first kappa shape index (κ1) is 71.1. The van der Waals surface area contributed by atoms with Crippen LogP contribution in [0.4, 0.5) is 0 Å². The van der Waals surface area contributed by atoms with Gasteiger partial charge in [-0.15, -0.1) is 0 Å². The number of unbranched alkanes of at least 4 members (excludes halogenated alkanes) is 38. The molecule has 0 heterocycles. The van der Waals surface area contributed by atoms with Gasteiger partial charge in [-0.05, 0) is 83.5 Å². The number of hydrogen-bond donors (Lipinski definition) is 0. The number of carbonyl (C=O) groups is 3. The van der Waals surface area contributed by atoms with Gasteiger partial charge in [0.25, 0.3) is 0 Å². The summed E-state index contributed by atoms with van der Waals surface area (Å²) in [5, 5.41) is 0. The molecule has 6 heteroatoms. The molecule has 0 spiro atoms. The quantitative estimate of drug-likeness (QED) is 0.0261. The van der Waals surface area contributed by atoms with Crippen molar-refractivity contribution in [2.45, 2.75) is 341 Å². The molecule has 0 saturated heterocycles. The molecule has 0 amide bonds. The number of esters is 3. The highest BCUT2D eigenvalue weighted by Gasteiger charge is 2.19. The van der Waals surface area contributed by atoms with Gasteiger partial charge in [0.15, 0.2) is 6.10 Å². The molecule has 0 aliphatic heterocycles. The summed E-state index contributed by atoms with van der Waals surface area (Å²) < 4.78 is 16.9. The van der Waals surface area contributed by atoms with Crippen molar-refractivity contribution < 1.29 is 28.6 Å². The maximum atomic E-state index is 12.9. The highest BCUT2D eigenvalue weighted by Crippen LogP contribution is 2.17. The van der Waals surface area contributed by atoms with Gasteiger partial charge in [0, 0.05) is 19.3 Å². The van der Waals surface area contributed by atoms with Gasteiger partial charge in [0.05, 0.1) is 0 Å². The van der Waals surface area contributed by atoms with Crippen LogP contribution in [-0.2, 0) is 28.6 Å². The summed E-state index contributed by atoms with van der Waals surface area (Å²) >= 11 is 0. The van der Waals surface area contributed by atoms with Crippen molar-refractivity contribution in [3.05, 3.63) is 60.8 Å². The second kappa shape index (κ2) is 62.6. The Morgan fingerprint density at radius 1 is 0.284 bits per heavy atom. The highest BCUT2D eigenvalue weighted by atomic mass is 16.6. The van der Waals surface area contributed by atoms with Crippen LogP contribution in [0, 0.1) is 0 Å². The van der Waals surface area contributed by atoms with Crippen molar-refractivity contribution in [1.29, 1.82) is 0 Å². The topological polar surface area (TPSA) is 78.9 Å². The molecule has 6 nitrogen and oxygen atoms in total. The first-order chi connectivity index (χ1) is 36.5. The lowest BCUT2D eigenvalue weighted by Crippen LogP contribution is -2.30. The minimum atomic E-state index is -0.777. The molecule has 74 heavy (non-hydrogen) atoms. The van der Waals surface area contributed by atoms with Crippen LogP contribution in [0.5, 0.6) is 0 Å². The van der Waals surface area contributed by atoms with Crippen LogP contribution in [0.1, 0.15) is 335 Å². The maximum Gasteiger partial charge on any atom is 0.306 e. The van der Waals surface area contributed by atoms with E-state index in [0.29, 0.717) is 19.3 Å². The summed E-state index contributed by atoms with van der Waals surface area (Å²) in [7, 11) is 0. The van der Waals surface area contributed by atoms with Gasteiger partial charge in [0.2, 0.25) is 0 Å². The lowest BCUT2D eigenvalue weighted by Gasteiger charge is -2.18. The summed E-state index contributed by atoms with van der Waals surface area (Å²) in [4.78, 5) is 38.2. The summed E-state index contributed by atoms with van der Waals surface area (Å²) in [6, 6.07) is 0. The Morgan fingerprint density at radius 3 is 0.838 bits per heavy atom. The van der Waals surface area contributed by atoms with E-state index in [1.165, 1.54) is 205 Å². The van der Waals surface area contributed by atoms with Crippen LogP contribution in [-0.4, -0.2) is 37.2 Å². The summed E-state index contributed by atoms with van der Waals surface area (Å²) in [5.74, 6) is -0.867. The first-order valence-electron chi connectivity index (χ1n) is 32.3. The van der Waals surface area contributed by atoms with E-state index in [2.05, 4.69) is 81.5 Å². The van der Waals surface area contributed by atoms with Gasteiger partial charge >= 0.3 is 17.9 Å². The lowest BCUT2D eigenvalue weighted by molar-refractivity contribution is -0.167. The van der Waals surface area contributed by atoms with Gasteiger partial charge in [-0.2, -0.15) is 0 Å². The molecule has 0 rings (SSSR count).